The van der Waals surface area contributed by atoms with Crippen LogP contribution < -0.4 is 5.32 Å². The summed E-state index contributed by atoms with van der Waals surface area (Å²) in [4.78, 5) is 22.6. The number of nitrogens with one attached hydrogen (secondary N) is 1. The zero-order valence-electron chi connectivity index (χ0n) is 14.3. The van der Waals surface area contributed by atoms with Gasteiger partial charge in [0.2, 0.25) is 0 Å². The largest absolute Gasteiger partial charge is 0.464 e. The van der Waals surface area contributed by atoms with Crippen LogP contribution in [0.15, 0.2) is 48.5 Å². The molecular weight excluding hydrogens is 360 g/mol. The van der Waals surface area contributed by atoms with Crippen molar-refractivity contribution in [1.82, 2.24) is 0 Å². The number of halogens is 1. The summed E-state index contributed by atoms with van der Waals surface area (Å²) in [5, 5.41) is 25.3. The van der Waals surface area contributed by atoms with Gasteiger partial charge in [0.15, 0.2) is 5.60 Å². The summed E-state index contributed by atoms with van der Waals surface area (Å²) in [5.74, 6) is -0.801. The third-order valence-corrected chi connectivity index (χ3v) is 4.10. The van der Waals surface area contributed by atoms with Gasteiger partial charge < -0.3 is 15.2 Å². The summed E-state index contributed by atoms with van der Waals surface area (Å²) in [5.41, 5.74) is -0.896. The van der Waals surface area contributed by atoms with Gasteiger partial charge in [0.05, 0.1) is 17.6 Å². The van der Waals surface area contributed by atoms with E-state index in [1.54, 1.807) is 31.2 Å². The maximum atomic E-state index is 12.3. The van der Waals surface area contributed by atoms with Gasteiger partial charge in [-0.05, 0) is 43.7 Å². The number of anilines is 1. The third kappa shape index (κ3) is 4.50. The molecule has 0 unspecified atom stereocenters. The van der Waals surface area contributed by atoms with Crippen molar-refractivity contribution in [1.29, 1.82) is 0 Å². The average molecular weight is 379 g/mol. The van der Waals surface area contributed by atoms with Crippen LogP contribution in [-0.2, 0) is 9.53 Å². The molecule has 2 aromatic rings. The van der Waals surface area contributed by atoms with Crippen LogP contribution in [0.1, 0.15) is 25.5 Å². The molecule has 0 aliphatic heterocycles. The number of aliphatic hydroxyl groups is 1. The summed E-state index contributed by atoms with van der Waals surface area (Å²) < 4.78 is 4.97. The highest BCUT2D eigenvalue weighted by Crippen LogP contribution is 2.32. The molecule has 0 saturated carbocycles. The van der Waals surface area contributed by atoms with Gasteiger partial charge in [0.25, 0.3) is 5.69 Å². The lowest BCUT2D eigenvalue weighted by molar-refractivity contribution is -0.384. The van der Waals surface area contributed by atoms with Crippen molar-refractivity contribution < 1.29 is 19.6 Å². The van der Waals surface area contributed by atoms with Crippen molar-refractivity contribution >= 4 is 28.9 Å². The van der Waals surface area contributed by atoms with Gasteiger partial charge >= 0.3 is 5.97 Å². The van der Waals surface area contributed by atoms with Crippen LogP contribution in [0.25, 0.3) is 0 Å². The van der Waals surface area contributed by atoms with Crippen LogP contribution in [-0.4, -0.2) is 28.2 Å². The monoisotopic (exact) mass is 378 g/mol. The molecule has 2 N–H and O–H groups in total. The fraction of sp³-hybridized carbons (Fsp3) is 0.278. The van der Waals surface area contributed by atoms with Crippen LogP contribution in [0.3, 0.4) is 0 Å². The number of nitro groups is 1. The van der Waals surface area contributed by atoms with Gasteiger partial charge in [-0.25, -0.2) is 4.79 Å². The van der Waals surface area contributed by atoms with E-state index in [0.717, 1.165) is 0 Å². The lowest BCUT2D eigenvalue weighted by Gasteiger charge is -2.32. The van der Waals surface area contributed by atoms with Crippen LogP contribution in [0, 0.1) is 10.1 Å². The molecule has 0 fully saturated rings. The number of carbonyl (C=O) groups excluding carboxylic acids is 1. The Labute approximate surface area is 155 Å². The first-order valence-electron chi connectivity index (χ1n) is 7.91. The molecule has 26 heavy (non-hydrogen) atoms. The Morgan fingerprint density at radius 2 is 1.85 bits per heavy atom. The number of hydrogen-bond acceptors (Lipinski definition) is 6. The average Bonchev–Trinajstić information content (AvgIpc) is 2.61. The SMILES string of the molecule is CCOC(=O)[C@@](C)(O)[C@@H](Nc1ccc(Cl)cc1)c1ccc([N+](=O)[O-])cc1. The van der Waals surface area contributed by atoms with Crippen molar-refractivity contribution in [3.8, 4) is 0 Å². The summed E-state index contributed by atoms with van der Waals surface area (Å²) in [6.07, 6.45) is 0. The van der Waals surface area contributed by atoms with Crippen molar-refractivity contribution in [2.45, 2.75) is 25.5 Å². The quantitative estimate of drug-likeness (QED) is 0.432. The number of nitrogens with zero attached hydrogens (tertiary/aromatic N) is 1. The third-order valence-electron chi connectivity index (χ3n) is 3.84. The molecule has 2 rings (SSSR count). The minimum Gasteiger partial charge on any atom is -0.464 e. The minimum atomic E-state index is -1.91. The van der Waals surface area contributed by atoms with E-state index in [-0.39, 0.29) is 12.3 Å². The summed E-state index contributed by atoms with van der Waals surface area (Å²) in [6.45, 7) is 3.09. The lowest BCUT2D eigenvalue weighted by atomic mass is 9.89. The van der Waals surface area contributed by atoms with Gasteiger partial charge in [0.1, 0.15) is 0 Å². The number of esters is 1. The Morgan fingerprint density at radius 3 is 2.35 bits per heavy atom. The number of ether oxygens (including phenoxy) is 1. The smallest absolute Gasteiger partial charge is 0.340 e. The standard InChI is InChI=1S/C18H19ClN2O5/c1-3-26-17(22)18(2,23)16(20-14-8-6-13(19)7-9-14)12-4-10-15(11-5-12)21(24)25/h4-11,16,20,23H,3H2,1-2H3/t16-,18-/m0/s1. The predicted molar refractivity (Wildman–Crippen MR) is 98.2 cm³/mol. The Kier molecular flexibility index (Phi) is 6.18. The van der Waals surface area contributed by atoms with E-state index in [1.807, 2.05) is 0 Å². The number of hydrogen-bond donors (Lipinski definition) is 2. The van der Waals surface area contributed by atoms with Crippen LogP contribution in [0.2, 0.25) is 5.02 Å². The Morgan fingerprint density at radius 1 is 1.27 bits per heavy atom. The maximum Gasteiger partial charge on any atom is 0.340 e. The van der Waals surface area contributed by atoms with Gasteiger partial charge in [0, 0.05) is 22.8 Å². The molecule has 2 aromatic carbocycles. The first-order valence-corrected chi connectivity index (χ1v) is 8.29. The predicted octanol–water partition coefficient (Wildman–Crippen LogP) is 3.72. The van der Waals surface area contributed by atoms with Gasteiger partial charge in [-0.2, -0.15) is 0 Å². The van der Waals surface area contributed by atoms with Crippen molar-refractivity contribution in [3.63, 3.8) is 0 Å². The molecule has 138 valence electrons. The molecule has 0 aliphatic rings. The molecule has 0 bridgehead atoms. The van der Waals surface area contributed by atoms with E-state index >= 15 is 0 Å². The molecule has 0 saturated heterocycles. The van der Waals surface area contributed by atoms with E-state index in [2.05, 4.69) is 5.32 Å². The van der Waals surface area contributed by atoms with Crippen LogP contribution in [0.5, 0.6) is 0 Å². The second kappa shape index (κ2) is 8.16. The molecule has 0 spiro atoms. The van der Waals surface area contributed by atoms with Crippen molar-refractivity contribution in [2.75, 3.05) is 11.9 Å². The van der Waals surface area contributed by atoms with E-state index < -0.39 is 22.5 Å². The molecular formula is C18H19ClN2O5. The number of nitro benzene ring substituents is 1. The molecule has 8 heteroatoms. The molecule has 7 nitrogen and oxygen atoms in total. The topological polar surface area (TPSA) is 102 Å². The zero-order chi connectivity index (χ0) is 19.3. The number of benzene rings is 2. The molecule has 0 radical (unpaired) electrons. The minimum absolute atomic E-state index is 0.0882. The number of carbonyl (C=O) groups is 1. The van der Waals surface area contributed by atoms with E-state index in [0.29, 0.717) is 16.3 Å². The second-order valence-electron chi connectivity index (χ2n) is 5.80. The molecule has 2 atom stereocenters. The maximum absolute atomic E-state index is 12.3. The summed E-state index contributed by atoms with van der Waals surface area (Å²) >= 11 is 5.88. The van der Waals surface area contributed by atoms with Crippen molar-refractivity contribution in [3.05, 3.63) is 69.2 Å². The van der Waals surface area contributed by atoms with Gasteiger partial charge in [-0.1, -0.05) is 23.7 Å². The second-order valence-corrected chi connectivity index (χ2v) is 6.24. The van der Waals surface area contributed by atoms with Crippen molar-refractivity contribution in [2.24, 2.45) is 0 Å². The first kappa shape index (κ1) is 19.7. The van der Waals surface area contributed by atoms with Gasteiger partial charge in [-0.3, -0.25) is 10.1 Å². The fourth-order valence-corrected chi connectivity index (χ4v) is 2.57. The summed E-state index contributed by atoms with van der Waals surface area (Å²) in [6, 6.07) is 11.4. The number of rotatable bonds is 7. The molecule has 0 amide bonds. The van der Waals surface area contributed by atoms with E-state index in [9.17, 15) is 20.0 Å². The Hall–Kier alpha value is -2.64. The Bertz CT molecular complexity index is 775. The normalized spacial score (nSPS) is 14.2. The Balaban J connectivity index is 2.41. The zero-order valence-corrected chi connectivity index (χ0v) is 15.1. The molecule has 0 aliphatic carbocycles. The van der Waals surface area contributed by atoms with E-state index in [4.69, 9.17) is 16.3 Å². The first-order chi connectivity index (χ1) is 12.3. The number of non-ortho nitro benzene ring substituents is 1. The fourth-order valence-electron chi connectivity index (χ4n) is 2.44. The van der Waals surface area contributed by atoms with Gasteiger partial charge in [-0.15, -0.1) is 0 Å². The highest BCUT2D eigenvalue weighted by molar-refractivity contribution is 6.30. The molecule has 0 heterocycles. The van der Waals surface area contributed by atoms with Crippen LogP contribution >= 0.6 is 11.6 Å². The highest BCUT2D eigenvalue weighted by Gasteiger charge is 2.42. The van der Waals surface area contributed by atoms with Crippen LogP contribution in [0.4, 0.5) is 11.4 Å². The lowest BCUT2D eigenvalue weighted by Crippen LogP contribution is -2.46. The van der Waals surface area contributed by atoms with E-state index in [1.165, 1.54) is 31.2 Å². The molecule has 0 aromatic heterocycles. The highest BCUT2D eigenvalue weighted by atomic mass is 35.5. The summed E-state index contributed by atoms with van der Waals surface area (Å²) in [7, 11) is 0.